The van der Waals surface area contributed by atoms with E-state index in [1.54, 1.807) is 0 Å². The number of nitrogens with one attached hydrogen (secondary N) is 1. The second-order valence-electron chi connectivity index (χ2n) is 4.95. The number of ether oxygens (including phenoxy) is 1. The second-order valence-corrected chi connectivity index (χ2v) is 4.95. The lowest BCUT2D eigenvalue weighted by atomic mass is 10.1. The van der Waals surface area contributed by atoms with E-state index in [1.165, 1.54) is 5.39 Å². The first kappa shape index (κ1) is 13.4. The number of hydrogen-bond donors (Lipinski definition) is 1. The summed E-state index contributed by atoms with van der Waals surface area (Å²) in [5.74, 6) is -0.189. The quantitative estimate of drug-likeness (QED) is 0.735. The van der Waals surface area contributed by atoms with Crippen molar-refractivity contribution in [2.45, 2.75) is 13.3 Å². The zero-order chi connectivity index (χ0) is 14.7. The minimum Gasteiger partial charge on any atom is -0.466 e. The Morgan fingerprint density at radius 2 is 1.95 bits per heavy atom. The summed E-state index contributed by atoms with van der Waals surface area (Å²) in [6.07, 6.45) is 0.307. The highest BCUT2D eigenvalue weighted by Gasteiger charge is 2.07. The van der Waals surface area contributed by atoms with Gasteiger partial charge >= 0.3 is 5.97 Å². The van der Waals surface area contributed by atoms with Crippen molar-refractivity contribution >= 4 is 16.9 Å². The second kappa shape index (κ2) is 5.83. The van der Waals surface area contributed by atoms with Gasteiger partial charge in [-0.1, -0.05) is 36.4 Å². The molecule has 0 fully saturated rings. The summed E-state index contributed by atoms with van der Waals surface area (Å²) in [7, 11) is 0. The molecule has 2 aromatic carbocycles. The van der Waals surface area contributed by atoms with Crippen LogP contribution in [0.2, 0.25) is 0 Å². The van der Waals surface area contributed by atoms with Crippen molar-refractivity contribution in [3.8, 4) is 11.3 Å². The van der Waals surface area contributed by atoms with E-state index < -0.39 is 0 Å². The van der Waals surface area contributed by atoms with Gasteiger partial charge in [0.1, 0.15) is 0 Å². The van der Waals surface area contributed by atoms with E-state index in [0.29, 0.717) is 13.0 Å². The lowest BCUT2D eigenvalue weighted by Gasteiger charge is -2.04. The number of H-pyrrole nitrogens is 1. The van der Waals surface area contributed by atoms with E-state index in [0.717, 1.165) is 22.3 Å². The van der Waals surface area contributed by atoms with Gasteiger partial charge in [-0.3, -0.25) is 4.79 Å². The van der Waals surface area contributed by atoms with Gasteiger partial charge < -0.3 is 9.72 Å². The standard InChI is InChI=1S/C18H17NO2/c1-2-21-18(20)11-13-6-5-8-14(10-13)17-12-15-7-3-4-9-16(15)19-17/h3-10,12,19H,2,11H2,1H3. The summed E-state index contributed by atoms with van der Waals surface area (Å²) in [6, 6.07) is 18.3. The van der Waals surface area contributed by atoms with Crippen LogP contribution >= 0.6 is 0 Å². The molecule has 1 N–H and O–H groups in total. The number of benzene rings is 2. The van der Waals surface area contributed by atoms with E-state index in [4.69, 9.17) is 4.74 Å². The van der Waals surface area contributed by atoms with Crippen molar-refractivity contribution in [3.63, 3.8) is 0 Å². The Balaban J connectivity index is 1.90. The Labute approximate surface area is 123 Å². The van der Waals surface area contributed by atoms with Gasteiger partial charge in [0.25, 0.3) is 0 Å². The topological polar surface area (TPSA) is 42.1 Å². The van der Waals surface area contributed by atoms with Gasteiger partial charge in [-0.05, 0) is 36.2 Å². The predicted octanol–water partition coefficient (Wildman–Crippen LogP) is 3.94. The van der Waals surface area contributed by atoms with Crippen molar-refractivity contribution in [3.05, 3.63) is 60.2 Å². The molecule has 0 aliphatic rings. The molecule has 0 bridgehead atoms. The molecule has 3 nitrogen and oxygen atoms in total. The first-order valence-electron chi connectivity index (χ1n) is 7.09. The number of carbonyl (C=O) groups is 1. The molecular weight excluding hydrogens is 262 g/mol. The number of rotatable bonds is 4. The van der Waals surface area contributed by atoms with E-state index in [-0.39, 0.29) is 5.97 Å². The summed E-state index contributed by atoms with van der Waals surface area (Å²) in [4.78, 5) is 15.0. The lowest BCUT2D eigenvalue weighted by Crippen LogP contribution is -2.07. The Hall–Kier alpha value is -2.55. The molecule has 3 heteroatoms. The lowest BCUT2D eigenvalue weighted by molar-refractivity contribution is -0.142. The fourth-order valence-corrected chi connectivity index (χ4v) is 2.46. The van der Waals surface area contributed by atoms with Crippen molar-refractivity contribution in [1.82, 2.24) is 4.98 Å². The molecule has 0 spiro atoms. The Kier molecular flexibility index (Phi) is 3.73. The largest absolute Gasteiger partial charge is 0.466 e. The monoisotopic (exact) mass is 279 g/mol. The molecule has 0 aliphatic carbocycles. The SMILES string of the molecule is CCOC(=O)Cc1cccc(-c2cc3ccccc3[nH]2)c1. The van der Waals surface area contributed by atoms with Crippen LogP contribution in [0.5, 0.6) is 0 Å². The smallest absolute Gasteiger partial charge is 0.310 e. The van der Waals surface area contributed by atoms with E-state index in [2.05, 4.69) is 23.2 Å². The zero-order valence-corrected chi connectivity index (χ0v) is 11.9. The number of esters is 1. The Morgan fingerprint density at radius 3 is 2.76 bits per heavy atom. The average molecular weight is 279 g/mol. The van der Waals surface area contributed by atoms with Crippen LogP contribution in [0.1, 0.15) is 12.5 Å². The Bertz CT molecular complexity index is 740. The molecule has 0 unspecified atom stereocenters. The molecule has 3 rings (SSSR count). The van der Waals surface area contributed by atoms with Crippen LogP contribution in [-0.4, -0.2) is 17.6 Å². The van der Waals surface area contributed by atoms with E-state index >= 15 is 0 Å². The van der Waals surface area contributed by atoms with Crippen LogP contribution in [-0.2, 0) is 16.0 Å². The zero-order valence-electron chi connectivity index (χ0n) is 11.9. The van der Waals surface area contributed by atoms with Gasteiger partial charge in [0.05, 0.1) is 13.0 Å². The molecule has 0 aliphatic heterocycles. The minimum absolute atomic E-state index is 0.189. The first-order chi connectivity index (χ1) is 10.3. The van der Waals surface area contributed by atoms with Gasteiger partial charge in [0.2, 0.25) is 0 Å². The third-order valence-electron chi connectivity index (χ3n) is 3.42. The maximum absolute atomic E-state index is 11.6. The molecule has 1 heterocycles. The van der Waals surface area contributed by atoms with Crippen LogP contribution in [0.15, 0.2) is 54.6 Å². The first-order valence-corrected chi connectivity index (χ1v) is 7.09. The third-order valence-corrected chi connectivity index (χ3v) is 3.42. The van der Waals surface area contributed by atoms with E-state index in [9.17, 15) is 4.79 Å². The van der Waals surface area contributed by atoms with Crippen LogP contribution in [0.4, 0.5) is 0 Å². The van der Waals surface area contributed by atoms with Crippen LogP contribution in [0.25, 0.3) is 22.2 Å². The number of aromatic nitrogens is 1. The van der Waals surface area contributed by atoms with Gasteiger partial charge in [-0.15, -0.1) is 0 Å². The summed E-state index contributed by atoms with van der Waals surface area (Å²) >= 11 is 0. The van der Waals surface area contributed by atoms with Crippen molar-refractivity contribution in [1.29, 1.82) is 0 Å². The van der Waals surface area contributed by atoms with E-state index in [1.807, 2.05) is 43.3 Å². The third kappa shape index (κ3) is 2.97. The highest BCUT2D eigenvalue weighted by atomic mass is 16.5. The highest BCUT2D eigenvalue weighted by Crippen LogP contribution is 2.24. The molecule has 0 saturated carbocycles. The maximum atomic E-state index is 11.6. The molecular formula is C18H17NO2. The molecule has 0 amide bonds. The van der Waals surface area contributed by atoms with Crippen molar-refractivity contribution < 1.29 is 9.53 Å². The van der Waals surface area contributed by atoms with Gasteiger partial charge in [0.15, 0.2) is 0 Å². The van der Waals surface area contributed by atoms with Crippen LogP contribution in [0.3, 0.4) is 0 Å². The predicted molar refractivity (Wildman–Crippen MR) is 84.1 cm³/mol. The van der Waals surface area contributed by atoms with Gasteiger partial charge in [-0.25, -0.2) is 0 Å². The van der Waals surface area contributed by atoms with Gasteiger partial charge in [-0.2, -0.15) is 0 Å². The summed E-state index contributed by atoms with van der Waals surface area (Å²) in [5.41, 5.74) is 4.21. The molecule has 0 saturated heterocycles. The number of carbonyl (C=O) groups excluding carboxylic acids is 1. The van der Waals surface area contributed by atoms with Crippen LogP contribution < -0.4 is 0 Å². The van der Waals surface area contributed by atoms with Gasteiger partial charge in [0, 0.05) is 16.6 Å². The molecule has 21 heavy (non-hydrogen) atoms. The van der Waals surface area contributed by atoms with Crippen LogP contribution in [0, 0.1) is 0 Å². The van der Waals surface area contributed by atoms with Crippen molar-refractivity contribution in [2.24, 2.45) is 0 Å². The number of fused-ring (bicyclic) bond motifs is 1. The highest BCUT2D eigenvalue weighted by molar-refractivity contribution is 5.86. The molecule has 0 radical (unpaired) electrons. The molecule has 0 atom stereocenters. The molecule has 106 valence electrons. The minimum atomic E-state index is -0.189. The number of hydrogen-bond acceptors (Lipinski definition) is 2. The normalized spacial score (nSPS) is 10.7. The summed E-state index contributed by atoms with van der Waals surface area (Å²) in [5, 5.41) is 1.18. The number of para-hydroxylation sites is 1. The van der Waals surface area contributed by atoms with Crippen molar-refractivity contribution in [2.75, 3.05) is 6.61 Å². The fraction of sp³-hybridized carbons (Fsp3) is 0.167. The average Bonchev–Trinajstić information content (AvgIpc) is 2.91. The fourth-order valence-electron chi connectivity index (χ4n) is 2.46. The Morgan fingerprint density at radius 1 is 1.10 bits per heavy atom. The summed E-state index contributed by atoms with van der Waals surface area (Å²) < 4.78 is 4.99. The summed E-state index contributed by atoms with van der Waals surface area (Å²) in [6.45, 7) is 2.24. The molecule has 3 aromatic rings. The number of aromatic amines is 1. The maximum Gasteiger partial charge on any atom is 0.310 e. The molecule has 1 aromatic heterocycles.